The van der Waals surface area contributed by atoms with Crippen molar-refractivity contribution in [2.24, 2.45) is 0 Å². The van der Waals surface area contributed by atoms with E-state index in [0.717, 1.165) is 6.42 Å². The molecule has 0 aromatic heterocycles. The van der Waals surface area contributed by atoms with Crippen molar-refractivity contribution in [3.05, 3.63) is 29.8 Å². The van der Waals surface area contributed by atoms with Crippen LogP contribution in [0.5, 0.6) is 0 Å². The molecule has 1 saturated heterocycles. The molecule has 3 heteroatoms. The number of nitrogens with one attached hydrogen (secondary N) is 1. The standard InChI is InChI=1S/C17H26N2O/c1-14(2)18-17(20)11-8-15-6-9-16(10-7-15)19-12-4-3-5-13-19/h6-7,9-10,14H,3-5,8,11-13H2,1-2H3,(H,18,20). The first-order valence-electron chi connectivity index (χ1n) is 7.78. The zero-order chi connectivity index (χ0) is 14.4. The number of hydrogen-bond acceptors (Lipinski definition) is 2. The Labute approximate surface area is 122 Å². The Balaban J connectivity index is 1.83. The summed E-state index contributed by atoms with van der Waals surface area (Å²) in [5.41, 5.74) is 2.56. The van der Waals surface area contributed by atoms with Crippen LogP contribution in [0.1, 0.15) is 45.1 Å². The lowest BCUT2D eigenvalue weighted by Crippen LogP contribution is -2.30. The van der Waals surface area contributed by atoms with E-state index < -0.39 is 0 Å². The first kappa shape index (κ1) is 14.9. The van der Waals surface area contributed by atoms with Gasteiger partial charge in [-0.25, -0.2) is 0 Å². The van der Waals surface area contributed by atoms with Crippen LogP contribution in [0.4, 0.5) is 5.69 Å². The van der Waals surface area contributed by atoms with Gasteiger partial charge in [-0.05, 0) is 57.2 Å². The van der Waals surface area contributed by atoms with Gasteiger partial charge in [0.15, 0.2) is 0 Å². The number of aryl methyl sites for hydroxylation is 1. The molecule has 0 bridgehead atoms. The van der Waals surface area contributed by atoms with E-state index in [4.69, 9.17) is 0 Å². The molecule has 0 atom stereocenters. The average Bonchev–Trinajstić information content (AvgIpc) is 2.46. The molecule has 2 rings (SSSR count). The minimum atomic E-state index is 0.139. The SMILES string of the molecule is CC(C)NC(=O)CCc1ccc(N2CCCCC2)cc1. The van der Waals surface area contributed by atoms with Gasteiger partial charge in [0.2, 0.25) is 5.91 Å². The minimum Gasteiger partial charge on any atom is -0.372 e. The maximum atomic E-state index is 11.6. The van der Waals surface area contributed by atoms with Gasteiger partial charge < -0.3 is 10.2 Å². The van der Waals surface area contributed by atoms with Crippen molar-refractivity contribution < 1.29 is 4.79 Å². The second-order valence-corrected chi connectivity index (χ2v) is 5.94. The minimum absolute atomic E-state index is 0.139. The third-order valence-corrected chi connectivity index (χ3v) is 3.75. The van der Waals surface area contributed by atoms with Gasteiger partial charge in [-0.2, -0.15) is 0 Å². The van der Waals surface area contributed by atoms with Gasteiger partial charge in [-0.1, -0.05) is 12.1 Å². The molecule has 0 unspecified atom stereocenters. The molecule has 1 aliphatic rings. The lowest BCUT2D eigenvalue weighted by molar-refractivity contribution is -0.121. The second-order valence-electron chi connectivity index (χ2n) is 5.94. The predicted octanol–water partition coefficient (Wildman–Crippen LogP) is 3.13. The van der Waals surface area contributed by atoms with Crippen molar-refractivity contribution in [2.75, 3.05) is 18.0 Å². The second kappa shape index (κ2) is 7.32. The highest BCUT2D eigenvalue weighted by Gasteiger charge is 2.10. The van der Waals surface area contributed by atoms with Crippen LogP contribution in [0, 0.1) is 0 Å². The number of carbonyl (C=O) groups excluding carboxylic acids is 1. The summed E-state index contributed by atoms with van der Waals surface area (Å²) in [4.78, 5) is 14.1. The maximum Gasteiger partial charge on any atom is 0.220 e. The highest BCUT2D eigenvalue weighted by atomic mass is 16.1. The van der Waals surface area contributed by atoms with E-state index in [9.17, 15) is 4.79 Å². The quantitative estimate of drug-likeness (QED) is 0.894. The molecule has 0 saturated carbocycles. The first-order chi connectivity index (χ1) is 9.65. The zero-order valence-corrected chi connectivity index (χ0v) is 12.7. The molecule has 1 amide bonds. The highest BCUT2D eigenvalue weighted by Crippen LogP contribution is 2.20. The molecule has 0 aliphatic carbocycles. The third-order valence-electron chi connectivity index (χ3n) is 3.75. The van der Waals surface area contributed by atoms with Crippen LogP contribution in [0.2, 0.25) is 0 Å². The molecular formula is C17H26N2O. The van der Waals surface area contributed by atoms with Crippen LogP contribution in [0.3, 0.4) is 0 Å². The molecule has 1 heterocycles. The topological polar surface area (TPSA) is 32.3 Å². The summed E-state index contributed by atoms with van der Waals surface area (Å²) in [5.74, 6) is 0.139. The molecule has 1 fully saturated rings. The fraction of sp³-hybridized carbons (Fsp3) is 0.588. The van der Waals surface area contributed by atoms with Gasteiger partial charge in [0.25, 0.3) is 0 Å². The highest BCUT2D eigenvalue weighted by molar-refractivity contribution is 5.76. The fourth-order valence-electron chi connectivity index (χ4n) is 2.68. The number of benzene rings is 1. The van der Waals surface area contributed by atoms with Crippen LogP contribution < -0.4 is 10.2 Å². The van der Waals surface area contributed by atoms with E-state index >= 15 is 0 Å². The molecule has 0 spiro atoms. The van der Waals surface area contributed by atoms with E-state index in [1.807, 2.05) is 13.8 Å². The number of carbonyl (C=O) groups is 1. The van der Waals surface area contributed by atoms with E-state index in [1.165, 1.54) is 43.6 Å². The summed E-state index contributed by atoms with van der Waals surface area (Å²) in [6.07, 6.45) is 5.36. The number of nitrogens with zero attached hydrogens (tertiary/aromatic N) is 1. The van der Waals surface area contributed by atoms with E-state index in [2.05, 4.69) is 34.5 Å². The normalized spacial score (nSPS) is 15.4. The Hall–Kier alpha value is -1.51. The summed E-state index contributed by atoms with van der Waals surface area (Å²) in [7, 11) is 0. The summed E-state index contributed by atoms with van der Waals surface area (Å²) in [5, 5.41) is 2.93. The summed E-state index contributed by atoms with van der Waals surface area (Å²) >= 11 is 0. The van der Waals surface area contributed by atoms with Crippen LogP contribution >= 0.6 is 0 Å². The first-order valence-corrected chi connectivity index (χ1v) is 7.78. The molecular weight excluding hydrogens is 248 g/mol. The van der Waals surface area contributed by atoms with Crippen molar-refractivity contribution in [1.29, 1.82) is 0 Å². The Morgan fingerprint density at radius 1 is 1.15 bits per heavy atom. The van der Waals surface area contributed by atoms with Crippen molar-refractivity contribution in [3.8, 4) is 0 Å². The van der Waals surface area contributed by atoms with E-state index in [-0.39, 0.29) is 11.9 Å². The number of rotatable bonds is 5. The Bertz CT molecular complexity index is 419. The van der Waals surface area contributed by atoms with Crippen LogP contribution in [-0.4, -0.2) is 25.0 Å². The van der Waals surface area contributed by atoms with E-state index in [0.29, 0.717) is 6.42 Å². The zero-order valence-electron chi connectivity index (χ0n) is 12.7. The monoisotopic (exact) mass is 274 g/mol. The Morgan fingerprint density at radius 3 is 2.40 bits per heavy atom. The van der Waals surface area contributed by atoms with Gasteiger partial charge in [0, 0.05) is 31.2 Å². The van der Waals surface area contributed by atoms with Gasteiger partial charge >= 0.3 is 0 Å². The molecule has 1 aromatic carbocycles. The number of hydrogen-bond donors (Lipinski definition) is 1. The van der Waals surface area contributed by atoms with Crippen molar-refractivity contribution >= 4 is 11.6 Å². The fourth-order valence-corrected chi connectivity index (χ4v) is 2.68. The van der Waals surface area contributed by atoms with Gasteiger partial charge in [0.1, 0.15) is 0 Å². The van der Waals surface area contributed by atoms with Crippen LogP contribution in [0.15, 0.2) is 24.3 Å². The summed E-state index contributed by atoms with van der Waals surface area (Å²) < 4.78 is 0. The molecule has 3 nitrogen and oxygen atoms in total. The summed E-state index contributed by atoms with van der Waals surface area (Å²) in [6.45, 7) is 6.34. The van der Waals surface area contributed by atoms with Crippen molar-refractivity contribution in [1.82, 2.24) is 5.32 Å². The molecule has 1 aromatic rings. The smallest absolute Gasteiger partial charge is 0.220 e. The third kappa shape index (κ3) is 4.55. The molecule has 20 heavy (non-hydrogen) atoms. The number of anilines is 1. The largest absolute Gasteiger partial charge is 0.372 e. The molecule has 110 valence electrons. The van der Waals surface area contributed by atoms with Gasteiger partial charge in [-0.3, -0.25) is 4.79 Å². The lowest BCUT2D eigenvalue weighted by Gasteiger charge is -2.28. The van der Waals surface area contributed by atoms with Crippen LogP contribution in [-0.2, 0) is 11.2 Å². The molecule has 1 aliphatic heterocycles. The van der Waals surface area contributed by atoms with Crippen molar-refractivity contribution in [3.63, 3.8) is 0 Å². The number of piperidine rings is 1. The molecule has 1 N–H and O–H groups in total. The Morgan fingerprint density at radius 2 is 1.80 bits per heavy atom. The van der Waals surface area contributed by atoms with Gasteiger partial charge in [0.05, 0.1) is 0 Å². The maximum absolute atomic E-state index is 11.6. The summed E-state index contributed by atoms with van der Waals surface area (Å²) in [6, 6.07) is 8.94. The number of amides is 1. The van der Waals surface area contributed by atoms with Crippen LogP contribution in [0.25, 0.3) is 0 Å². The average molecular weight is 274 g/mol. The molecule has 0 radical (unpaired) electrons. The Kier molecular flexibility index (Phi) is 5.45. The predicted molar refractivity (Wildman–Crippen MR) is 84.1 cm³/mol. The lowest BCUT2D eigenvalue weighted by atomic mass is 10.1. The van der Waals surface area contributed by atoms with E-state index in [1.54, 1.807) is 0 Å². The van der Waals surface area contributed by atoms with Crippen molar-refractivity contribution in [2.45, 2.75) is 52.0 Å². The van der Waals surface area contributed by atoms with Gasteiger partial charge in [-0.15, -0.1) is 0 Å².